The Balaban J connectivity index is 1.16. The van der Waals surface area contributed by atoms with E-state index in [1.54, 1.807) is 6.07 Å². The van der Waals surface area contributed by atoms with Gasteiger partial charge in [-0.25, -0.2) is 0 Å². The van der Waals surface area contributed by atoms with Gasteiger partial charge in [0.1, 0.15) is 5.69 Å². The summed E-state index contributed by atoms with van der Waals surface area (Å²) in [6.07, 6.45) is -1.37. The van der Waals surface area contributed by atoms with Gasteiger partial charge in [-0.05, 0) is 48.1 Å². The van der Waals surface area contributed by atoms with Crippen LogP contribution in [0, 0.1) is 0 Å². The summed E-state index contributed by atoms with van der Waals surface area (Å²) in [5.41, 5.74) is 2.25. The van der Waals surface area contributed by atoms with Gasteiger partial charge in [-0.3, -0.25) is 14.7 Å². The third kappa shape index (κ3) is 7.37. The van der Waals surface area contributed by atoms with Gasteiger partial charge in [-0.1, -0.05) is 32.9 Å². The zero-order valence-corrected chi connectivity index (χ0v) is 22.0. The van der Waals surface area contributed by atoms with Crippen molar-refractivity contribution in [1.82, 2.24) is 14.8 Å². The second kappa shape index (κ2) is 11.3. The van der Waals surface area contributed by atoms with E-state index in [0.717, 1.165) is 38.8 Å². The van der Waals surface area contributed by atoms with Crippen LogP contribution in [-0.2, 0) is 16.4 Å². The number of hydrogen-bond acceptors (Lipinski definition) is 5. The Morgan fingerprint density at radius 2 is 1.62 bits per heavy atom. The molecular weight excluding hydrogens is 479 g/mol. The summed E-state index contributed by atoms with van der Waals surface area (Å²) in [5, 5.41) is 3.17. The monoisotopic (exact) mass is 517 g/mol. The highest BCUT2D eigenvalue weighted by atomic mass is 19.4. The van der Waals surface area contributed by atoms with Crippen LogP contribution >= 0.6 is 0 Å². The predicted molar refractivity (Wildman–Crippen MR) is 141 cm³/mol. The van der Waals surface area contributed by atoms with Gasteiger partial charge >= 0.3 is 6.18 Å². The molecular formula is C28H38F3N5O. The van der Waals surface area contributed by atoms with Gasteiger partial charge in [0.25, 0.3) is 0 Å². The van der Waals surface area contributed by atoms with E-state index in [-0.39, 0.29) is 17.4 Å². The van der Waals surface area contributed by atoms with Crippen LogP contribution in [0.2, 0.25) is 0 Å². The van der Waals surface area contributed by atoms with Gasteiger partial charge in [0, 0.05) is 75.8 Å². The number of piperazine rings is 1. The maximum atomic E-state index is 12.9. The maximum absolute atomic E-state index is 12.9. The van der Waals surface area contributed by atoms with Gasteiger partial charge in [0.05, 0.1) is 0 Å². The first-order valence-corrected chi connectivity index (χ1v) is 13.1. The minimum absolute atomic E-state index is 0.0399. The Bertz CT molecular complexity index is 1040. The number of pyridine rings is 1. The van der Waals surface area contributed by atoms with E-state index in [0.29, 0.717) is 38.0 Å². The molecule has 9 heteroatoms. The number of piperidine rings is 1. The fourth-order valence-corrected chi connectivity index (χ4v) is 5.00. The third-order valence-electron chi connectivity index (χ3n) is 7.38. The molecule has 0 atom stereocenters. The number of nitrogens with zero attached hydrogens (tertiary/aromatic N) is 4. The number of halogens is 3. The summed E-state index contributed by atoms with van der Waals surface area (Å²) in [7, 11) is 0. The first kappa shape index (κ1) is 27.2. The van der Waals surface area contributed by atoms with Gasteiger partial charge in [0.2, 0.25) is 5.91 Å². The molecule has 0 radical (unpaired) electrons. The maximum Gasteiger partial charge on any atom is 0.433 e. The van der Waals surface area contributed by atoms with Gasteiger partial charge in [-0.15, -0.1) is 0 Å². The molecule has 0 spiro atoms. The van der Waals surface area contributed by atoms with E-state index in [1.807, 2.05) is 4.90 Å². The molecule has 1 aromatic heterocycles. The van der Waals surface area contributed by atoms with E-state index in [2.05, 4.69) is 65.1 Å². The number of anilines is 2. The van der Waals surface area contributed by atoms with Crippen LogP contribution < -0.4 is 10.2 Å². The summed E-state index contributed by atoms with van der Waals surface area (Å²) in [4.78, 5) is 22.8. The molecule has 0 unspecified atom stereocenters. The van der Waals surface area contributed by atoms with Crippen molar-refractivity contribution in [2.45, 2.75) is 57.7 Å². The number of aromatic nitrogens is 1. The average Bonchev–Trinajstić information content (AvgIpc) is 2.87. The predicted octanol–water partition coefficient (Wildman–Crippen LogP) is 5.01. The van der Waals surface area contributed by atoms with Crippen molar-refractivity contribution in [3.8, 4) is 0 Å². The van der Waals surface area contributed by atoms with Gasteiger partial charge in [-0.2, -0.15) is 13.2 Å². The van der Waals surface area contributed by atoms with Crippen molar-refractivity contribution in [2.24, 2.45) is 0 Å². The Morgan fingerprint density at radius 1 is 0.973 bits per heavy atom. The van der Waals surface area contributed by atoms with E-state index in [4.69, 9.17) is 0 Å². The lowest BCUT2D eigenvalue weighted by molar-refractivity contribution is -0.141. The molecule has 3 heterocycles. The summed E-state index contributed by atoms with van der Waals surface area (Å²) in [5.74, 6) is 0.155. The smallest absolute Gasteiger partial charge is 0.382 e. The number of alkyl halides is 3. The molecule has 202 valence electrons. The molecule has 2 aliphatic heterocycles. The normalized spacial score (nSPS) is 18.2. The third-order valence-corrected chi connectivity index (χ3v) is 7.38. The number of benzene rings is 1. The molecule has 2 saturated heterocycles. The molecule has 0 saturated carbocycles. The van der Waals surface area contributed by atoms with E-state index >= 15 is 0 Å². The van der Waals surface area contributed by atoms with Crippen molar-refractivity contribution >= 4 is 17.3 Å². The molecule has 2 aliphatic rings. The molecule has 1 N–H and O–H groups in total. The first-order chi connectivity index (χ1) is 17.5. The van der Waals surface area contributed by atoms with Crippen molar-refractivity contribution in [2.75, 3.05) is 56.0 Å². The fourth-order valence-electron chi connectivity index (χ4n) is 5.00. The Labute approximate surface area is 217 Å². The molecule has 2 aromatic rings. The molecule has 6 nitrogen and oxygen atoms in total. The number of likely N-dealkylation sites (tertiary alicyclic amines) is 1. The van der Waals surface area contributed by atoms with Crippen LogP contribution in [0.3, 0.4) is 0 Å². The minimum Gasteiger partial charge on any atom is -0.382 e. The van der Waals surface area contributed by atoms with Crippen molar-refractivity contribution in [3.63, 3.8) is 0 Å². The second-order valence-corrected chi connectivity index (χ2v) is 11.1. The number of hydrogen-bond donors (Lipinski definition) is 1. The highest BCUT2D eigenvalue weighted by Gasteiger charge is 2.33. The van der Waals surface area contributed by atoms with Crippen LogP contribution in [0.15, 0.2) is 42.6 Å². The fraction of sp³-hybridized carbons (Fsp3) is 0.571. The van der Waals surface area contributed by atoms with Crippen molar-refractivity contribution in [3.05, 3.63) is 53.9 Å². The largest absolute Gasteiger partial charge is 0.433 e. The van der Waals surface area contributed by atoms with E-state index in [9.17, 15) is 18.0 Å². The van der Waals surface area contributed by atoms with Crippen LogP contribution in [0.4, 0.5) is 24.5 Å². The lowest BCUT2D eigenvalue weighted by atomic mass is 9.87. The summed E-state index contributed by atoms with van der Waals surface area (Å²) in [6.45, 7) is 12.4. The molecule has 1 aromatic carbocycles. The van der Waals surface area contributed by atoms with E-state index < -0.39 is 11.9 Å². The number of nitrogens with one attached hydrogen (secondary N) is 1. The topological polar surface area (TPSA) is 51.7 Å². The lowest BCUT2D eigenvalue weighted by Gasteiger charge is -2.37. The van der Waals surface area contributed by atoms with Crippen LogP contribution in [0.1, 0.15) is 51.3 Å². The first-order valence-electron chi connectivity index (χ1n) is 13.1. The molecule has 0 aliphatic carbocycles. The summed E-state index contributed by atoms with van der Waals surface area (Å²) < 4.78 is 38.7. The number of carbonyl (C=O) groups is 1. The van der Waals surface area contributed by atoms with E-state index in [1.165, 1.54) is 17.4 Å². The number of amides is 1. The molecule has 1 amide bonds. The Morgan fingerprint density at radius 3 is 2.22 bits per heavy atom. The molecule has 2 fully saturated rings. The lowest BCUT2D eigenvalue weighted by Crippen LogP contribution is -2.48. The summed E-state index contributed by atoms with van der Waals surface area (Å²) in [6, 6.07) is 11.5. The van der Waals surface area contributed by atoms with Gasteiger partial charge in [0.15, 0.2) is 0 Å². The van der Waals surface area contributed by atoms with Crippen molar-refractivity contribution in [1.29, 1.82) is 0 Å². The quantitative estimate of drug-likeness (QED) is 0.584. The standard InChI is InChI=1S/C28H38F3N5O/c1-27(2,3)21-4-6-24(7-5-21)35-18-16-34(17-19-35)13-11-26(37)36-14-9-22(10-15-36)33-23-8-12-32-25(20-23)28(29,30)31/h4-8,12,20,22H,9-11,13-19H2,1-3H3,(H,32,33). The van der Waals surface area contributed by atoms with Crippen LogP contribution in [-0.4, -0.2) is 72.5 Å². The highest BCUT2D eigenvalue weighted by molar-refractivity contribution is 5.76. The highest BCUT2D eigenvalue weighted by Crippen LogP contribution is 2.29. The summed E-state index contributed by atoms with van der Waals surface area (Å²) >= 11 is 0. The zero-order chi connectivity index (χ0) is 26.6. The Hall–Kier alpha value is -2.81. The van der Waals surface area contributed by atoms with Gasteiger partial charge < -0.3 is 15.1 Å². The molecule has 37 heavy (non-hydrogen) atoms. The average molecular weight is 518 g/mol. The van der Waals surface area contributed by atoms with Crippen LogP contribution in [0.25, 0.3) is 0 Å². The minimum atomic E-state index is -4.46. The SMILES string of the molecule is CC(C)(C)c1ccc(N2CCN(CCC(=O)N3CCC(Nc4ccnc(C(F)(F)F)c4)CC3)CC2)cc1. The molecule has 0 bridgehead atoms. The number of rotatable bonds is 6. The molecule has 4 rings (SSSR count). The Kier molecular flexibility index (Phi) is 8.31. The number of carbonyl (C=O) groups excluding carboxylic acids is 1. The van der Waals surface area contributed by atoms with Crippen LogP contribution in [0.5, 0.6) is 0 Å². The zero-order valence-electron chi connectivity index (χ0n) is 22.0. The van der Waals surface area contributed by atoms with Crippen molar-refractivity contribution < 1.29 is 18.0 Å². The second-order valence-electron chi connectivity index (χ2n) is 11.1.